The molecule has 3 heteroatoms. The highest BCUT2D eigenvalue weighted by atomic mass is 15.3. The van der Waals surface area contributed by atoms with Gasteiger partial charge in [0, 0.05) is 17.8 Å². The topological polar surface area (TPSA) is 29.9 Å². The molecule has 1 saturated carbocycles. The molecule has 0 bridgehead atoms. The zero-order valence-corrected chi connectivity index (χ0v) is 14.4. The summed E-state index contributed by atoms with van der Waals surface area (Å²) in [6, 6.07) is 0.628. The number of nitrogens with one attached hydrogen (secondary N) is 1. The van der Waals surface area contributed by atoms with Gasteiger partial charge in [0.25, 0.3) is 0 Å². The molecule has 1 aliphatic carbocycles. The lowest BCUT2D eigenvalue weighted by Gasteiger charge is -2.21. The summed E-state index contributed by atoms with van der Waals surface area (Å²) in [4.78, 5) is 0. The molecule has 21 heavy (non-hydrogen) atoms. The zero-order chi connectivity index (χ0) is 15.2. The van der Waals surface area contributed by atoms with E-state index in [1.165, 1.54) is 49.8 Å². The molecule has 0 aliphatic heterocycles. The Bertz CT molecular complexity index is 412. The Morgan fingerprint density at radius 1 is 1.14 bits per heavy atom. The molecule has 0 amide bonds. The predicted octanol–water partition coefficient (Wildman–Crippen LogP) is 4.65. The molecule has 0 radical (unpaired) electrons. The van der Waals surface area contributed by atoms with Gasteiger partial charge in [0.2, 0.25) is 0 Å². The maximum Gasteiger partial charge on any atom is 0.0537 e. The van der Waals surface area contributed by atoms with Gasteiger partial charge < -0.3 is 5.32 Å². The number of aromatic nitrogens is 2. The van der Waals surface area contributed by atoms with Crippen molar-refractivity contribution >= 4 is 0 Å². The second kappa shape index (κ2) is 7.98. The van der Waals surface area contributed by atoms with Gasteiger partial charge in [-0.05, 0) is 31.2 Å². The molecule has 1 N–H and O–H groups in total. The lowest BCUT2D eigenvalue weighted by Crippen LogP contribution is -2.20. The zero-order valence-electron chi connectivity index (χ0n) is 14.4. The van der Waals surface area contributed by atoms with Crippen LogP contribution >= 0.6 is 0 Å². The van der Waals surface area contributed by atoms with E-state index in [0.29, 0.717) is 17.9 Å². The van der Waals surface area contributed by atoms with E-state index in [1.54, 1.807) is 0 Å². The molecular weight excluding hydrogens is 258 g/mol. The minimum Gasteiger partial charge on any atom is -0.312 e. The van der Waals surface area contributed by atoms with E-state index in [9.17, 15) is 0 Å². The Balaban J connectivity index is 2.11. The van der Waals surface area contributed by atoms with Gasteiger partial charge in [-0.25, -0.2) is 0 Å². The van der Waals surface area contributed by atoms with E-state index < -0.39 is 0 Å². The van der Waals surface area contributed by atoms with Gasteiger partial charge in [0.15, 0.2) is 0 Å². The lowest BCUT2D eigenvalue weighted by molar-refractivity contribution is 0.387. The molecule has 0 atom stereocenters. The van der Waals surface area contributed by atoms with Crippen molar-refractivity contribution in [1.29, 1.82) is 0 Å². The van der Waals surface area contributed by atoms with Crippen LogP contribution in [-0.2, 0) is 6.54 Å². The van der Waals surface area contributed by atoms with Crippen LogP contribution in [0.15, 0.2) is 6.20 Å². The van der Waals surface area contributed by atoms with E-state index in [4.69, 9.17) is 5.10 Å². The van der Waals surface area contributed by atoms with E-state index in [-0.39, 0.29) is 0 Å². The average Bonchev–Trinajstić information content (AvgIpc) is 2.67. The van der Waals surface area contributed by atoms with Crippen molar-refractivity contribution in [2.45, 2.75) is 84.7 Å². The summed E-state index contributed by atoms with van der Waals surface area (Å²) in [5.74, 6) is 1.25. The van der Waals surface area contributed by atoms with Crippen molar-refractivity contribution in [1.82, 2.24) is 15.1 Å². The summed E-state index contributed by atoms with van der Waals surface area (Å²) >= 11 is 0. The van der Waals surface area contributed by atoms with Crippen LogP contribution in [0.25, 0.3) is 0 Å². The summed E-state index contributed by atoms with van der Waals surface area (Å²) in [5, 5.41) is 8.35. The number of nitrogens with zero attached hydrogens (tertiary/aromatic N) is 2. The third-order valence-electron chi connectivity index (χ3n) is 4.50. The summed E-state index contributed by atoms with van der Waals surface area (Å²) in [7, 11) is 0. The van der Waals surface area contributed by atoms with E-state index >= 15 is 0 Å². The Morgan fingerprint density at radius 2 is 1.81 bits per heavy atom. The molecule has 1 heterocycles. The van der Waals surface area contributed by atoms with Crippen LogP contribution in [0.1, 0.15) is 89.4 Å². The molecule has 120 valence electrons. The third kappa shape index (κ3) is 4.57. The molecule has 1 aromatic rings. The summed E-state index contributed by atoms with van der Waals surface area (Å²) < 4.78 is 2.36. The fraction of sp³-hybridized carbons (Fsp3) is 0.833. The van der Waals surface area contributed by atoms with Gasteiger partial charge in [-0.1, -0.05) is 53.4 Å². The molecule has 0 unspecified atom stereocenters. The first-order valence-electron chi connectivity index (χ1n) is 8.86. The van der Waals surface area contributed by atoms with E-state index in [1.807, 2.05) is 0 Å². The lowest BCUT2D eigenvalue weighted by atomic mass is 10.0. The fourth-order valence-electron chi connectivity index (χ4n) is 3.47. The second-order valence-electron chi connectivity index (χ2n) is 7.32. The van der Waals surface area contributed by atoms with Crippen molar-refractivity contribution in [3.05, 3.63) is 17.5 Å². The van der Waals surface area contributed by atoms with Crippen molar-refractivity contribution in [3.63, 3.8) is 0 Å². The minimum atomic E-state index is 0.548. The summed E-state index contributed by atoms with van der Waals surface area (Å²) in [6.07, 6.45) is 10.2. The first-order valence-corrected chi connectivity index (χ1v) is 8.86. The normalized spacial score (nSPS) is 17.6. The maximum atomic E-state index is 4.78. The quantitative estimate of drug-likeness (QED) is 0.773. The van der Waals surface area contributed by atoms with Crippen LogP contribution in [0, 0.1) is 5.92 Å². The highest BCUT2D eigenvalue weighted by Crippen LogP contribution is 2.31. The Kier molecular flexibility index (Phi) is 6.28. The van der Waals surface area contributed by atoms with Crippen LogP contribution in [0.4, 0.5) is 0 Å². The van der Waals surface area contributed by atoms with Crippen LogP contribution in [0.5, 0.6) is 0 Å². The highest BCUT2D eigenvalue weighted by molar-refractivity contribution is 5.21. The third-order valence-corrected chi connectivity index (χ3v) is 4.50. The largest absolute Gasteiger partial charge is 0.312 e. The molecule has 0 saturated heterocycles. The van der Waals surface area contributed by atoms with Crippen LogP contribution in [-0.4, -0.2) is 16.3 Å². The average molecular weight is 291 g/mol. The molecule has 3 nitrogen and oxygen atoms in total. The number of hydrogen-bond acceptors (Lipinski definition) is 2. The van der Waals surface area contributed by atoms with E-state index in [2.05, 4.69) is 43.9 Å². The van der Waals surface area contributed by atoms with Gasteiger partial charge in [0.05, 0.1) is 12.2 Å². The molecule has 1 aliphatic rings. The van der Waals surface area contributed by atoms with Crippen molar-refractivity contribution < 1.29 is 0 Å². The fourth-order valence-corrected chi connectivity index (χ4v) is 3.47. The summed E-state index contributed by atoms with van der Waals surface area (Å²) in [6.45, 7) is 11.1. The van der Waals surface area contributed by atoms with Crippen molar-refractivity contribution in [2.75, 3.05) is 6.54 Å². The van der Waals surface area contributed by atoms with E-state index in [0.717, 1.165) is 13.1 Å². The highest BCUT2D eigenvalue weighted by Gasteiger charge is 2.21. The molecule has 1 fully saturated rings. The molecule has 0 aromatic carbocycles. The van der Waals surface area contributed by atoms with Gasteiger partial charge in [-0.15, -0.1) is 0 Å². The molecular formula is C18H33N3. The first-order chi connectivity index (χ1) is 10.1. The SMILES string of the molecule is CC(C)CNCc1cnn(C2CCCCCC2)c1C(C)C. The van der Waals surface area contributed by atoms with Crippen LogP contribution < -0.4 is 5.32 Å². The number of rotatable bonds is 6. The molecule has 2 rings (SSSR count). The van der Waals surface area contributed by atoms with Gasteiger partial charge in [0.1, 0.15) is 0 Å². The summed E-state index contributed by atoms with van der Waals surface area (Å²) in [5.41, 5.74) is 2.85. The van der Waals surface area contributed by atoms with Gasteiger partial charge in [-0.2, -0.15) is 5.10 Å². The second-order valence-corrected chi connectivity index (χ2v) is 7.32. The van der Waals surface area contributed by atoms with Crippen molar-refractivity contribution in [2.24, 2.45) is 5.92 Å². The standard InChI is InChI=1S/C18H33N3/c1-14(2)11-19-12-16-13-20-21(18(16)15(3)4)17-9-7-5-6-8-10-17/h13-15,17,19H,5-12H2,1-4H3. The van der Waals surface area contributed by atoms with Crippen LogP contribution in [0.2, 0.25) is 0 Å². The van der Waals surface area contributed by atoms with Crippen molar-refractivity contribution in [3.8, 4) is 0 Å². The smallest absolute Gasteiger partial charge is 0.0537 e. The van der Waals surface area contributed by atoms with Gasteiger partial charge in [-0.3, -0.25) is 4.68 Å². The molecule has 0 spiro atoms. The first kappa shape index (κ1) is 16.5. The monoisotopic (exact) mass is 291 g/mol. The Hall–Kier alpha value is -0.830. The maximum absolute atomic E-state index is 4.78. The number of hydrogen-bond donors (Lipinski definition) is 1. The van der Waals surface area contributed by atoms with Gasteiger partial charge >= 0.3 is 0 Å². The predicted molar refractivity (Wildman–Crippen MR) is 89.6 cm³/mol. The Morgan fingerprint density at radius 3 is 2.38 bits per heavy atom. The molecule has 1 aromatic heterocycles. The Labute approximate surface area is 130 Å². The minimum absolute atomic E-state index is 0.548. The van der Waals surface area contributed by atoms with Crippen LogP contribution in [0.3, 0.4) is 0 Å².